The Hall–Kier alpha value is -2.61. The maximum Gasteiger partial charge on any atom is 0.279 e. The van der Waals surface area contributed by atoms with Gasteiger partial charge in [0.2, 0.25) is 5.13 Å². The van der Waals surface area contributed by atoms with E-state index in [2.05, 4.69) is 20.7 Å². The molecule has 3 aromatic rings. The van der Waals surface area contributed by atoms with E-state index in [4.69, 9.17) is 4.52 Å². The fraction of sp³-hybridized carbons (Fsp3) is 0.0769. The molecule has 0 radical (unpaired) electrons. The largest absolute Gasteiger partial charge is 0.361 e. The van der Waals surface area contributed by atoms with Gasteiger partial charge < -0.3 is 4.52 Å². The van der Waals surface area contributed by atoms with Crippen LogP contribution in [-0.4, -0.2) is 21.3 Å². The molecule has 0 fully saturated rings. The first-order valence-electron chi connectivity index (χ1n) is 5.96. The molecule has 6 nitrogen and oxygen atoms in total. The molecule has 1 N–H and O–H groups in total. The van der Waals surface area contributed by atoms with Gasteiger partial charge in [-0.05, 0) is 19.1 Å². The molecule has 2 aromatic heterocycles. The molecule has 21 heavy (non-hydrogen) atoms. The Balaban J connectivity index is 1.80. The first kappa shape index (κ1) is 13.4. The number of hydrogen-bond donors (Lipinski definition) is 1. The molecule has 0 unspecified atom stereocenters. The number of hydrogen-bond acceptors (Lipinski definition) is 6. The first-order valence-corrected chi connectivity index (χ1v) is 6.78. The number of rotatable bonds is 3. The molecule has 0 bridgehead atoms. The van der Waals surface area contributed by atoms with E-state index in [0.717, 1.165) is 11.3 Å². The number of carbonyl (C=O) groups excluding carboxylic acids is 1. The first-order chi connectivity index (χ1) is 10.1. The summed E-state index contributed by atoms with van der Waals surface area (Å²) < 4.78 is 18.5. The number of carbonyl (C=O) groups is 1. The molecule has 106 valence electrons. The zero-order chi connectivity index (χ0) is 14.8. The molecule has 2 heterocycles. The van der Waals surface area contributed by atoms with Crippen molar-refractivity contribution in [2.45, 2.75) is 6.92 Å². The normalized spacial score (nSPS) is 10.6. The van der Waals surface area contributed by atoms with E-state index in [1.807, 2.05) is 0 Å². The number of aromatic nitrogens is 3. The molecule has 1 aromatic carbocycles. The van der Waals surface area contributed by atoms with Crippen LogP contribution in [-0.2, 0) is 0 Å². The van der Waals surface area contributed by atoms with Crippen LogP contribution in [0, 0.1) is 12.7 Å². The van der Waals surface area contributed by atoms with Crippen LogP contribution in [0.1, 0.15) is 16.2 Å². The second-order valence-corrected chi connectivity index (χ2v) is 5.15. The highest BCUT2D eigenvalue weighted by molar-refractivity contribution is 7.18. The summed E-state index contributed by atoms with van der Waals surface area (Å²) in [5, 5.41) is 14.5. The lowest BCUT2D eigenvalue weighted by Gasteiger charge is -1.96. The SMILES string of the molecule is Cc1cc(C(=O)Nc2nnc(-c3ccccc3F)s2)no1. The minimum Gasteiger partial charge on any atom is -0.361 e. The summed E-state index contributed by atoms with van der Waals surface area (Å²) in [6.07, 6.45) is 0. The Kier molecular flexibility index (Phi) is 3.44. The minimum atomic E-state index is -0.455. The van der Waals surface area contributed by atoms with E-state index >= 15 is 0 Å². The second kappa shape index (κ2) is 5.41. The lowest BCUT2D eigenvalue weighted by Crippen LogP contribution is -2.11. The zero-order valence-corrected chi connectivity index (χ0v) is 11.6. The highest BCUT2D eigenvalue weighted by Crippen LogP contribution is 2.28. The van der Waals surface area contributed by atoms with Crippen LogP contribution in [0.4, 0.5) is 9.52 Å². The minimum absolute atomic E-state index is 0.148. The lowest BCUT2D eigenvalue weighted by molar-refractivity contribution is 0.101. The highest BCUT2D eigenvalue weighted by atomic mass is 32.1. The third kappa shape index (κ3) is 2.79. The van der Waals surface area contributed by atoms with Crippen LogP contribution in [0.5, 0.6) is 0 Å². The summed E-state index contributed by atoms with van der Waals surface area (Å²) in [6, 6.07) is 7.75. The smallest absolute Gasteiger partial charge is 0.279 e. The molecular formula is C13H9FN4O2S. The average Bonchev–Trinajstić information content (AvgIpc) is 3.08. The molecule has 8 heteroatoms. The molecule has 1 amide bonds. The Labute approximate surface area is 122 Å². The Morgan fingerprint density at radius 2 is 2.14 bits per heavy atom. The summed E-state index contributed by atoms with van der Waals surface area (Å²) in [6.45, 7) is 1.69. The van der Waals surface area contributed by atoms with Gasteiger partial charge in [-0.2, -0.15) is 0 Å². The number of amides is 1. The monoisotopic (exact) mass is 304 g/mol. The number of aryl methyl sites for hydroxylation is 1. The molecule has 0 spiro atoms. The van der Waals surface area contributed by atoms with Crippen LogP contribution >= 0.6 is 11.3 Å². The van der Waals surface area contributed by atoms with Crippen molar-refractivity contribution in [1.29, 1.82) is 0 Å². The van der Waals surface area contributed by atoms with Crippen molar-refractivity contribution in [2.24, 2.45) is 0 Å². The van der Waals surface area contributed by atoms with Crippen molar-refractivity contribution in [3.63, 3.8) is 0 Å². The molecule has 0 aliphatic heterocycles. The summed E-state index contributed by atoms with van der Waals surface area (Å²) in [7, 11) is 0. The van der Waals surface area contributed by atoms with E-state index in [1.165, 1.54) is 12.1 Å². The number of anilines is 1. The maximum atomic E-state index is 13.6. The summed E-state index contributed by atoms with van der Waals surface area (Å²) in [5.41, 5.74) is 0.489. The Morgan fingerprint density at radius 3 is 2.86 bits per heavy atom. The van der Waals surface area contributed by atoms with Gasteiger partial charge in [-0.3, -0.25) is 10.1 Å². The van der Waals surface area contributed by atoms with Gasteiger partial charge in [-0.15, -0.1) is 10.2 Å². The predicted octanol–water partition coefficient (Wildman–Crippen LogP) is 2.89. The second-order valence-electron chi connectivity index (χ2n) is 4.17. The van der Waals surface area contributed by atoms with Gasteiger partial charge in [0.1, 0.15) is 11.6 Å². The van der Waals surface area contributed by atoms with Gasteiger partial charge in [-0.25, -0.2) is 4.39 Å². The topological polar surface area (TPSA) is 80.9 Å². The van der Waals surface area contributed by atoms with Gasteiger partial charge in [0.15, 0.2) is 10.7 Å². The predicted molar refractivity (Wildman–Crippen MR) is 74.5 cm³/mol. The Morgan fingerprint density at radius 1 is 1.33 bits per heavy atom. The van der Waals surface area contributed by atoms with Crippen LogP contribution in [0.25, 0.3) is 10.6 Å². The van der Waals surface area contributed by atoms with E-state index < -0.39 is 11.7 Å². The van der Waals surface area contributed by atoms with Crippen LogP contribution in [0.2, 0.25) is 0 Å². The van der Waals surface area contributed by atoms with Crippen molar-refractivity contribution < 1.29 is 13.7 Å². The molecule has 0 aliphatic rings. The molecule has 0 saturated heterocycles. The van der Waals surface area contributed by atoms with Crippen molar-refractivity contribution in [2.75, 3.05) is 5.32 Å². The molecule has 0 saturated carbocycles. The van der Waals surface area contributed by atoms with E-state index in [9.17, 15) is 9.18 Å². The van der Waals surface area contributed by atoms with E-state index in [1.54, 1.807) is 25.1 Å². The van der Waals surface area contributed by atoms with E-state index in [0.29, 0.717) is 16.3 Å². The fourth-order valence-corrected chi connectivity index (χ4v) is 2.42. The average molecular weight is 304 g/mol. The van der Waals surface area contributed by atoms with E-state index in [-0.39, 0.29) is 10.8 Å². The van der Waals surface area contributed by atoms with Crippen molar-refractivity contribution in [3.8, 4) is 10.6 Å². The van der Waals surface area contributed by atoms with Crippen molar-refractivity contribution >= 4 is 22.4 Å². The molecule has 0 aliphatic carbocycles. The van der Waals surface area contributed by atoms with Crippen LogP contribution < -0.4 is 5.32 Å². The zero-order valence-electron chi connectivity index (χ0n) is 10.8. The van der Waals surface area contributed by atoms with Crippen molar-refractivity contribution in [1.82, 2.24) is 15.4 Å². The summed E-state index contributed by atoms with van der Waals surface area (Å²) in [4.78, 5) is 11.9. The van der Waals surface area contributed by atoms with Crippen LogP contribution in [0.15, 0.2) is 34.9 Å². The van der Waals surface area contributed by atoms with Gasteiger partial charge >= 0.3 is 0 Å². The summed E-state index contributed by atoms with van der Waals surface area (Å²) in [5.74, 6) is -0.314. The van der Waals surface area contributed by atoms with Gasteiger partial charge in [0.05, 0.1) is 0 Å². The molecular weight excluding hydrogens is 295 g/mol. The number of benzene rings is 1. The van der Waals surface area contributed by atoms with Gasteiger partial charge in [-0.1, -0.05) is 28.6 Å². The molecule has 0 atom stereocenters. The molecule has 3 rings (SSSR count). The Bertz CT molecular complexity index is 799. The number of nitrogens with zero attached hydrogens (tertiary/aromatic N) is 3. The quantitative estimate of drug-likeness (QED) is 0.804. The third-order valence-electron chi connectivity index (χ3n) is 2.61. The summed E-state index contributed by atoms with van der Waals surface area (Å²) >= 11 is 1.08. The van der Waals surface area contributed by atoms with Crippen molar-refractivity contribution in [3.05, 3.63) is 47.6 Å². The number of halogens is 1. The standard InChI is InChI=1S/C13H9FN4O2S/c1-7-6-10(18-20-7)11(19)15-13-17-16-12(21-13)8-4-2-3-5-9(8)14/h2-6H,1H3,(H,15,17,19). The van der Waals surface area contributed by atoms with Gasteiger partial charge in [0, 0.05) is 11.6 Å². The van der Waals surface area contributed by atoms with Crippen LogP contribution in [0.3, 0.4) is 0 Å². The lowest BCUT2D eigenvalue weighted by atomic mass is 10.2. The van der Waals surface area contributed by atoms with Gasteiger partial charge in [0.25, 0.3) is 5.91 Å². The maximum absolute atomic E-state index is 13.6. The highest BCUT2D eigenvalue weighted by Gasteiger charge is 2.15. The fourth-order valence-electron chi connectivity index (χ4n) is 1.65. The third-order valence-corrected chi connectivity index (χ3v) is 3.48. The number of nitrogens with one attached hydrogen (secondary N) is 1.